The number of hydrogen-bond acceptors (Lipinski definition) is 1. The molecule has 5 rings (SSSR count). The molecular formula is C20H27ClO. The first-order valence-electron chi connectivity index (χ1n) is 9.17. The third-order valence-corrected chi connectivity index (χ3v) is 9.18. The molecule has 1 nitrogen and oxygen atoms in total. The molecule has 5 aliphatic carbocycles. The number of allylic oxidation sites excluding steroid dienone is 4. The van der Waals surface area contributed by atoms with Crippen molar-refractivity contribution in [2.75, 3.05) is 0 Å². The Morgan fingerprint density at radius 2 is 2.05 bits per heavy atom. The zero-order valence-electron chi connectivity index (χ0n) is 13.7. The lowest BCUT2D eigenvalue weighted by atomic mass is 9.46. The minimum atomic E-state index is -0.0533. The van der Waals surface area contributed by atoms with E-state index in [-0.39, 0.29) is 16.9 Å². The van der Waals surface area contributed by atoms with Gasteiger partial charge in [-0.15, -0.1) is 0 Å². The molecule has 2 heteroatoms. The second kappa shape index (κ2) is 4.03. The lowest BCUT2D eigenvalue weighted by Gasteiger charge is -2.58. The summed E-state index contributed by atoms with van der Waals surface area (Å²) in [6.07, 6.45) is 13.1. The van der Waals surface area contributed by atoms with Crippen molar-refractivity contribution >= 4 is 11.6 Å². The topological polar surface area (TPSA) is 20.2 Å². The van der Waals surface area contributed by atoms with Crippen LogP contribution in [0.3, 0.4) is 0 Å². The summed E-state index contributed by atoms with van der Waals surface area (Å²) in [5.41, 5.74) is 2.38. The molecule has 120 valence electrons. The van der Waals surface area contributed by atoms with Crippen LogP contribution in [0.2, 0.25) is 0 Å². The number of aliphatic hydroxyl groups excluding tert-OH is 1. The van der Waals surface area contributed by atoms with Gasteiger partial charge in [0.2, 0.25) is 0 Å². The second-order valence-electron chi connectivity index (χ2n) is 9.17. The SMILES string of the molecule is C[C@]12C=CCC(Cl)=C1CC[C@@H]1[C@@H]2CC[C@]2(C)[C@@H](O)C[C@@H]3C[C@]312. The molecule has 4 saturated carbocycles. The van der Waals surface area contributed by atoms with E-state index in [1.54, 1.807) is 0 Å². The molecule has 0 heterocycles. The van der Waals surface area contributed by atoms with Crippen molar-refractivity contribution < 1.29 is 5.11 Å². The maximum Gasteiger partial charge on any atom is 0.0602 e. The Morgan fingerprint density at radius 3 is 2.86 bits per heavy atom. The first kappa shape index (κ1) is 14.1. The monoisotopic (exact) mass is 318 g/mol. The molecule has 0 bridgehead atoms. The number of rotatable bonds is 0. The van der Waals surface area contributed by atoms with Gasteiger partial charge >= 0.3 is 0 Å². The van der Waals surface area contributed by atoms with Crippen LogP contribution >= 0.6 is 11.6 Å². The van der Waals surface area contributed by atoms with Crippen molar-refractivity contribution in [3.63, 3.8) is 0 Å². The first-order chi connectivity index (χ1) is 10.4. The molecular weight excluding hydrogens is 292 g/mol. The van der Waals surface area contributed by atoms with Gasteiger partial charge < -0.3 is 5.11 Å². The van der Waals surface area contributed by atoms with Gasteiger partial charge in [0.05, 0.1) is 6.10 Å². The van der Waals surface area contributed by atoms with Crippen molar-refractivity contribution in [1.29, 1.82) is 0 Å². The van der Waals surface area contributed by atoms with E-state index in [1.165, 1.54) is 37.7 Å². The zero-order valence-corrected chi connectivity index (χ0v) is 14.5. The van der Waals surface area contributed by atoms with Gasteiger partial charge in [-0.3, -0.25) is 0 Å². The molecule has 0 aromatic rings. The summed E-state index contributed by atoms with van der Waals surface area (Å²) in [7, 11) is 0. The first-order valence-corrected chi connectivity index (χ1v) is 9.55. The van der Waals surface area contributed by atoms with Crippen LogP contribution in [-0.2, 0) is 0 Å². The van der Waals surface area contributed by atoms with E-state index in [2.05, 4.69) is 26.0 Å². The van der Waals surface area contributed by atoms with Crippen LogP contribution in [0.15, 0.2) is 22.8 Å². The Morgan fingerprint density at radius 1 is 1.23 bits per heavy atom. The number of fused-ring (bicyclic) bond motifs is 3. The molecule has 1 spiro atoms. The van der Waals surface area contributed by atoms with Crippen LogP contribution in [0.4, 0.5) is 0 Å². The van der Waals surface area contributed by atoms with Crippen LogP contribution in [0.1, 0.15) is 58.8 Å². The molecule has 0 aromatic carbocycles. The predicted molar refractivity (Wildman–Crippen MR) is 89.5 cm³/mol. The molecule has 0 aromatic heterocycles. The molecule has 7 atom stereocenters. The third kappa shape index (κ3) is 1.35. The highest BCUT2D eigenvalue weighted by Crippen LogP contribution is 2.82. The van der Waals surface area contributed by atoms with Gasteiger partial charge in [0, 0.05) is 16.9 Å². The van der Waals surface area contributed by atoms with Gasteiger partial charge in [0.25, 0.3) is 0 Å². The lowest BCUT2D eigenvalue weighted by molar-refractivity contribution is -0.0916. The van der Waals surface area contributed by atoms with E-state index in [0.29, 0.717) is 5.41 Å². The minimum absolute atomic E-state index is 0.0533. The van der Waals surface area contributed by atoms with Crippen molar-refractivity contribution in [2.45, 2.75) is 64.9 Å². The summed E-state index contributed by atoms with van der Waals surface area (Å²) in [5, 5.41) is 11.8. The van der Waals surface area contributed by atoms with E-state index in [1.807, 2.05) is 0 Å². The smallest absolute Gasteiger partial charge is 0.0602 e. The zero-order chi connectivity index (χ0) is 15.3. The van der Waals surface area contributed by atoms with Gasteiger partial charge in [0.1, 0.15) is 0 Å². The van der Waals surface area contributed by atoms with Gasteiger partial charge in [-0.1, -0.05) is 37.6 Å². The average molecular weight is 319 g/mol. The number of aliphatic hydroxyl groups is 1. The quantitative estimate of drug-likeness (QED) is 0.620. The molecule has 22 heavy (non-hydrogen) atoms. The normalized spacial score (nSPS) is 58.7. The summed E-state index contributed by atoms with van der Waals surface area (Å²) in [4.78, 5) is 0. The molecule has 0 amide bonds. The van der Waals surface area contributed by atoms with E-state index in [0.717, 1.165) is 35.6 Å². The Hall–Kier alpha value is -0.270. The van der Waals surface area contributed by atoms with Crippen molar-refractivity contribution in [2.24, 2.45) is 34.0 Å². The fourth-order valence-electron chi connectivity index (χ4n) is 7.63. The molecule has 5 aliphatic rings. The fraction of sp³-hybridized carbons (Fsp3) is 0.800. The van der Waals surface area contributed by atoms with Crippen molar-refractivity contribution in [3.05, 3.63) is 22.8 Å². The minimum Gasteiger partial charge on any atom is -0.393 e. The Balaban J connectivity index is 1.60. The van der Waals surface area contributed by atoms with Crippen molar-refractivity contribution in [3.8, 4) is 0 Å². The highest BCUT2D eigenvalue weighted by atomic mass is 35.5. The summed E-state index contributed by atoms with van der Waals surface area (Å²) < 4.78 is 0. The van der Waals surface area contributed by atoms with E-state index < -0.39 is 0 Å². The van der Waals surface area contributed by atoms with Crippen LogP contribution in [0.5, 0.6) is 0 Å². The molecule has 0 unspecified atom stereocenters. The summed E-state index contributed by atoms with van der Waals surface area (Å²) in [5.74, 6) is 2.34. The summed E-state index contributed by atoms with van der Waals surface area (Å²) in [6, 6.07) is 0. The standard InChI is InChI=1S/C20H27ClO/c1-18-8-3-4-16(21)15(18)6-5-14-13(18)7-9-19(2)17(22)10-12-11-20(12,14)19/h3,8,12-14,17,22H,4-7,9-11H2,1-2H3/t12-,13+,14-,17+,18-,19-,20+/m1/s1. The van der Waals surface area contributed by atoms with Gasteiger partial charge in [-0.25, -0.2) is 0 Å². The Kier molecular flexibility index (Phi) is 2.59. The van der Waals surface area contributed by atoms with E-state index in [9.17, 15) is 5.11 Å². The van der Waals surface area contributed by atoms with Gasteiger partial charge in [0.15, 0.2) is 0 Å². The maximum atomic E-state index is 10.7. The van der Waals surface area contributed by atoms with Crippen molar-refractivity contribution in [1.82, 2.24) is 0 Å². The molecule has 0 saturated heterocycles. The predicted octanol–water partition coefficient (Wildman–Crippen LogP) is 5.04. The van der Waals surface area contributed by atoms with Gasteiger partial charge in [-0.2, -0.15) is 0 Å². The third-order valence-electron chi connectivity index (χ3n) is 8.80. The average Bonchev–Trinajstić information content (AvgIpc) is 3.13. The Bertz CT molecular complexity index is 607. The largest absolute Gasteiger partial charge is 0.393 e. The van der Waals surface area contributed by atoms with Crippen LogP contribution in [0.25, 0.3) is 0 Å². The van der Waals surface area contributed by atoms with Crippen LogP contribution < -0.4 is 0 Å². The number of hydrogen-bond donors (Lipinski definition) is 1. The second-order valence-corrected chi connectivity index (χ2v) is 9.63. The molecule has 4 fully saturated rings. The van der Waals surface area contributed by atoms with E-state index >= 15 is 0 Å². The highest BCUT2D eigenvalue weighted by molar-refractivity contribution is 6.30. The lowest BCUT2D eigenvalue weighted by Crippen LogP contribution is -2.53. The van der Waals surface area contributed by atoms with Crippen LogP contribution in [0, 0.1) is 34.0 Å². The van der Waals surface area contributed by atoms with E-state index in [4.69, 9.17) is 11.6 Å². The number of halogens is 1. The van der Waals surface area contributed by atoms with Crippen LogP contribution in [-0.4, -0.2) is 11.2 Å². The van der Waals surface area contributed by atoms with Gasteiger partial charge in [-0.05, 0) is 72.7 Å². The molecule has 0 aliphatic heterocycles. The molecule has 1 N–H and O–H groups in total. The molecule has 0 radical (unpaired) electrons. The summed E-state index contributed by atoms with van der Waals surface area (Å²) >= 11 is 6.61. The fourth-order valence-corrected chi connectivity index (χ4v) is 8.01. The summed E-state index contributed by atoms with van der Waals surface area (Å²) in [6.45, 7) is 4.84. The Labute approximate surface area is 138 Å². The maximum absolute atomic E-state index is 10.7. The highest BCUT2D eigenvalue weighted by Gasteiger charge is 2.77.